The van der Waals surface area contributed by atoms with Crippen LogP contribution in [0.3, 0.4) is 0 Å². The van der Waals surface area contributed by atoms with Crippen LogP contribution in [0.4, 0.5) is 15.3 Å². The second-order valence-corrected chi connectivity index (χ2v) is 6.69. The Hall–Kier alpha value is -2.57. The predicted molar refractivity (Wildman–Crippen MR) is 87.6 cm³/mol. The first kappa shape index (κ1) is 15.0. The molecule has 2 heterocycles. The van der Waals surface area contributed by atoms with Crippen molar-refractivity contribution in [2.24, 2.45) is 5.92 Å². The van der Waals surface area contributed by atoms with Crippen molar-refractivity contribution in [2.75, 3.05) is 18.0 Å². The highest BCUT2D eigenvalue weighted by Gasteiger charge is 2.54. The largest absolute Gasteiger partial charge is 0.337 e. The van der Waals surface area contributed by atoms with Crippen LogP contribution in [0.1, 0.15) is 24.8 Å². The number of rotatable bonds is 2. The zero-order valence-corrected chi connectivity index (χ0v) is 13.3. The number of carbonyl (C=O) groups excluding carboxylic acids is 3. The number of benzene rings is 1. The van der Waals surface area contributed by atoms with E-state index in [1.165, 1.54) is 5.56 Å². The molecule has 5 amide bonds. The van der Waals surface area contributed by atoms with E-state index in [0.29, 0.717) is 19.5 Å². The van der Waals surface area contributed by atoms with E-state index < -0.39 is 11.6 Å². The summed E-state index contributed by atoms with van der Waals surface area (Å²) in [7, 11) is 0. The van der Waals surface area contributed by atoms with Gasteiger partial charge in [0.25, 0.3) is 5.91 Å². The van der Waals surface area contributed by atoms with Crippen molar-refractivity contribution >= 4 is 23.7 Å². The van der Waals surface area contributed by atoms with Gasteiger partial charge in [0.15, 0.2) is 0 Å². The lowest BCUT2D eigenvalue weighted by atomic mass is 9.87. The van der Waals surface area contributed by atoms with Gasteiger partial charge in [-0.05, 0) is 30.9 Å². The molecule has 1 aliphatic carbocycles. The number of fused-ring (bicyclic) bond motifs is 1. The molecule has 0 bridgehead atoms. The fourth-order valence-electron chi connectivity index (χ4n) is 4.18. The molecule has 0 unspecified atom stereocenters. The van der Waals surface area contributed by atoms with Gasteiger partial charge in [0.05, 0.1) is 0 Å². The minimum Gasteiger partial charge on any atom is -0.337 e. The van der Waals surface area contributed by atoms with E-state index in [1.54, 1.807) is 4.90 Å². The number of nitrogens with zero attached hydrogens (tertiary/aromatic N) is 1. The maximum Gasteiger partial charge on any atom is 0.322 e. The molecule has 1 aromatic rings. The molecule has 2 fully saturated rings. The Labute approximate surface area is 139 Å². The second-order valence-electron chi connectivity index (χ2n) is 6.69. The lowest BCUT2D eigenvalue weighted by Gasteiger charge is -2.29. The zero-order chi connectivity index (χ0) is 16.7. The number of carbonyl (C=O) groups is 3. The highest BCUT2D eigenvalue weighted by molar-refractivity contribution is 6.07. The van der Waals surface area contributed by atoms with Gasteiger partial charge in [0.2, 0.25) is 0 Å². The third-order valence-electron chi connectivity index (χ3n) is 5.42. The number of hydrogen-bond acceptors (Lipinski definition) is 3. The van der Waals surface area contributed by atoms with E-state index in [2.05, 4.69) is 16.0 Å². The Morgan fingerprint density at radius 3 is 2.96 bits per heavy atom. The molecular weight excluding hydrogens is 308 g/mol. The molecule has 1 saturated carbocycles. The molecule has 1 saturated heterocycles. The maximum absolute atomic E-state index is 12.5. The molecule has 24 heavy (non-hydrogen) atoms. The van der Waals surface area contributed by atoms with Crippen LogP contribution >= 0.6 is 0 Å². The minimum absolute atomic E-state index is 0.0780. The molecular formula is C17H20N4O3. The van der Waals surface area contributed by atoms with Crippen LogP contribution in [0.25, 0.3) is 0 Å². The lowest BCUT2D eigenvalue weighted by Crippen LogP contribution is -2.54. The Morgan fingerprint density at radius 2 is 2.17 bits per heavy atom. The lowest BCUT2D eigenvalue weighted by molar-refractivity contribution is -0.125. The van der Waals surface area contributed by atoms with E-state index >= 15 is 0 Å². The first-order valence-electron chi connectivity index (χ1n) is 8.37. The van der Waals surface area contributed by atoms with Gasteiger partial charge in [-0.25, -0.2) is 9.59 Å². The summed E-state index contributed by atoms with van der Waals surface area (Å²) in [5.74, 6) is -0.346. The Kier molecular flexibility index (Phi) is 3.44. The summed E-state index contributed by atoms with van der Waals surface area (Å²) in [6.07, 6.45) is 3.15. The average Bonchev–Trinajstić information content (AvgIpc) is 3.24. The third-order valence-corrected chi connectivity index (χ3v) is 5.42. The van der Waals surface area contributed by atoms with Gasteiger partial charge in [-0.2, -0.15) is 0 Å². The van der Waals surface area contributed by atoms with Crippen molar-refractivity contribution in [1.82, 2.24) is 16.0 Å². The molecule has 1 aromatic carbocycles. The maximum atomic E-state index is 12.5. The van der Waals surface area contributed by atoms with E-state index in [1.807, 2.05) is 24.3 Å². The Bertz CT molecular complexity index is 720. The summed E-state index contributed by atoms with van der Waals surface area (Å²) >= 11 is 0. The smallest absolute Gasteiger partial charge is 0.322 e. The van der Waals surface area contributed by atoms with Crippen molar-refractivity contribution in [3.05, 3.63) is 29.8 Å². The van der Waals surface area contributed by atoms with Gasteiger partial charge in [-0.3, -0.25) is 15.0 Å². The van der Waals surface area contributed by atoms with Crippen LogP contribution in [-0.4, -0.2) is 36.6 Å². The van der Waals surface area contributed by atoms with Gasteiger partial charge in [-0.15, -0.1) is 0 Å². The first-order valence-corrected chi connectivity index (χ1v) is 8.37. The van der Waals surface area contributed by atoms with Gasteiger partial charge in [0.1, 0.15) is 5.54 Å². The molecule has 2 aliphatic heterocycles. The fraction of sp³-hybridized carbons (Fsp3) is 0.471. The van der Waals surface area contributed by atoms with Crippen LogP contribution in [0.15, 0.2) is 24.3 Å². The zero-order valence-electron chi connectivity index (χ0n) is 13.3. The van der Waals surface area contributed by atoms with Crippen LogP contribution in [0, 0.1) is 5.92 Å². The number of nitrogens with one attached hydrogen (secondary N) is 3. The molecule has 4 rings (SSSR count). The molecule has 3 N–H and O–H groups in total. The highest BCUT2D eigenvalue weighted by atomic mass is 16.2. The normalized spacial score (nSPS) is 28.0. The molecule has 2 atom stereocenters. The predicted octanol–water partition coefficient (Wildman–Crippen LogP) is 1.14. The van der Waals surface area contributed by atoms with Gasteiger partial charge in [0, 0.05) is 24.7 Å². The number of imide groups is 1. The van der Waals surface area contributed by atoms with Crippen molar-refractivity contribution in [3.8, 4) is 0 Å². The van der Waals surface area contributed by atoms with E-state index in [4.69, 9.17) is 0 Å². The van der Waals surface area contributed by atoms with Crippen molar-refractivity contribution < 1.29 is 14.4 Å². The van der Waals surface area contributed by atoms with Crippen molar-refractivity contribution in [3.63, 3.8) is 0 Å². The number of urea groups is 2. The topological polar surface area (TPSA) is 90.5 Å². The van der Waals surface area contributed by atoms with Gasteiger partial charge in [-0.1, -0.05) is 24.6 Å². The van der Waals surface area contributed by atoms with Crippen molar-refractivity contribution in [2.45, 2.75) is 31.2 Å². The van der Waals surface area contributed by atoms with E-state index in [0.717, 1.165) is 24.9 Å². The fourth-order valence-corrected chi connectivity index (χ4v) is 4.18. The van der Waals surface area contributed by atoms with Crippen LogP contribution in [0.2, 0.25) is 0 Å². The standard InChI is InChI=1S/C17H20N4O3/c22-14-17(20-15(23)19-14)8-3-5-12(17)10-18-16(24)21-9-7-11-4-1-2-6-13(11)21/h1-2,4,6,12H,3,5,7-10H2,(H,18,24)(H2,19,20,22,23)/t12-,17-/m1/s1. The molecule has 0 radical (unpaired) electrons. The van der Waals surface area contributed by atoms with Crippen LogP contribution in [0.5, 0.6) is 0 Å². The first-order chi connectivity index (χ1) is 11.6. The minimum atomic E-state index is -0.854. The van der Waals surface area contributed by atoms with E-state index in [9.17, 15) is 14.4 Å². The van der Waals surface area contributed by atoms with Gasteiger partial charge >= 0.3 is 12.1 Å². The van der Waals surface area contributed by atoms with Crippen LogP contribution in [-0.2, 0) is 11.2 Å². The summed E-state index contributed by atoms with van der Waals surface area (Å²) < 4.78 is 0. The number of hydrogen-bond donors (Lipinski definition) is 3. The molecule has 7 nitrogen and oxygen atoms in total. The molecule has 7 heteroatoms. The Balaban J connectivity index is 1.43. The Morgan fingerprint density at radius 1 is 1.33 bits per heavy atom. The van der Waals surface area contributed by atoms with Gasteiger partial charge < -0.3 is 10.6 Å². The number of amides is 5. The summed E-state index contributed by atoms with van der Waals surface area (Å²) in [6.45, 7) is 1.05. The van der Waals surface area contributed by atoms with E-state index in [-0.39, 0.29) is 17.9 Å². The number of anilines is 1. The number of para-hydroxylation sites is 1. The summed E-state index contributed by atoms with van der Waals surface area (Å²) in [5, 5.41) is 8.05. The molecule has 126 valence electrons. The monoisotopic (exact) mass is 328 g/mol. The average molecular weight is 328 g/mol. The summed E-state index contributed by atoms with van der Waals surface area (Å²) in [6, 6.07) is 7.30. The third kappa shape index (κ3) is 2.23. The van der Waals surface area contributed by atoms with Crippen LogP contribution < -0.4 is 20.9 Å². The molecule has 3 aliphatic rings. The highest BCUT2D eigenvalue weighted by Crippen LogP contribution is 2.37. The second kappa shape index (κ2) is 5.51. The SMILES string of the molecule is O=C1NC(=O)[C@]2(CCC[C@@H]2CNC(=O)N2CCc3ccccc32)N1. The van der Waals surface area contributed by atoms with Crippen molar-refractivity contribution in [1.29, 1.82) is 0 Å². The molecule has 0 aromatic heterocycles. The summed E-state index contributed by atoms with van der Waals surface area (Å²) in [5.41, 5.74) is 1.27. The summed E-state index contributed by atoms with van der Waals surface area (Å²) in [4.78, 5) is 38.0. The quantitative estimate of drug-likeness (QED) is 0.711. The molecule has 1 spiro atoms.